The lowest BCUT2D eigenvalue weighted by Gasteiger charge is -2.07. The highest BCUT2D eigenvalue weighted by Gasteiger charge is 2.11. The molecule has 16 heavy (non-hydrogen) atoms. The van der Waals surface area contributed by atoms with Crippen LogP contribution >= 0.6 is 0 Å². The molecule has 0 amide bonds. The third-order valence-corrected chi connectivity index (χ3v) is 2.12. The number of nitrogens with zero attached hydrogens (tertiary/aromatic N) is 3. The average Bonchev–Trinajstić information content (AvgIpc) is 2.29. The Hall–Kier alpha value is -2.50. The standard InChI is InChI=1S/C10H10N6/c11-8-7(6-4-2-1-3-5-6)9(12)15-10(14-8)16-13/h1-5,13H,(H4,11,12,14,15). The van der Waals surface area contributed by atoms with Gasteiger partial charge in [-0.1, -0.05) is 30.3 Å². The minimum Gasteiger partial charge on any atom is -0.383 e. The number of nitrogens with two attached hydrogens (primary N) is 2. The molecule has 1 aromatic heterocycles. The summed E-state index contributed by atoms with van der Waals surface area (Å²) in [6.07, 6.45) is 0. The molecule has 0 aliphatic rings. The van der Waals surface area contributed by atoms with Crippen LogP contribution in [0.4, 0.5) is 17.6 Å². The highest BCUT2D eigenvalue weighted by molar-refractivity contribution is 5.83. The molecule has 6 heteroatoms. The lowest BCUT2D eigenvalue weighted by Crippen LogP contribution is -2.02. The van der Waals surface area contributed by atoms with Gasteiger partial charge in [-0.25, -0.2) is 5.53 Å². The molecule has 0 atom stereocenters. The van der Waals surface area contributed by atoms with Gasteiger partial charge in [-0.05, 0) is 5.56 Å². The monoisotopic (exact) mass is 214 g/mol. The van der Waals surface area contributed by atoms with Gasteiger partial charge in [-0.15, -0.1) is 5.11 Å². The Morgan fingerprint density at radius 1 is 1.00 bits per heavy atom. The first-order valence-corrected chi connectivity index (χ1v) is 4.58. The molecule has 0 saturated carbocycles. The lowest BCUT2D eigenvalue weighted by atomic mass is 10.1. The van der Waals surface area contributed by atoms with Gasteiger partial charge in [0, 0.05) is 0 Å². The molecule has 2 rings (SSSR count). The quantitative estimate of drug-likeness (QED) is 0.663. The second-order valence-corrected chi connectivity index (χ2v) is 3.15. The molecule has 0 bridgehead atoms. The fourth-order valence-corrected chi connectivity index (χ4v) is 1.43. The highest BCUT2D eigenvalue weighted by atomic mass is 15.2. The molecule has 0 spiro atoms. The van der Waals surface area contributed by atoms with Crippen LogP contribution in [-0.2, 0) is 0 Å². The first-order chi connectivity index (χ1) is 7.72. The van der Waals surface area contributed by atoms with E-state index >= 15 is 0 Å². The van der Waals surface area contributed by atoms with Gasteiger partial charge < -0.3 is 11.5 Å². The molecule has 0 aliphatic heterocycles. The van der Waals surface area contributed by atoms with Crippen LogP contribution in [0.3, 0.4) is 0 Å². The molecule has 6 nitrogen and oxygen atoms in total. The summed E-state index contributed by atoms with van der Waals surface area (Å²) in [5.41, 5.74) is 19.7. The summed E-state index contributed by atoms with van der Waals surface area (Å²) < 4.78 is 0. The maximum Gasteiger partial charge on any atom is 0.272 e. The van der Waals surface area contributed by atoms with Crippen molar-refractivity contribution in [3.8, 4) is 11.1 Å². The molecule has 2 aromatic rings. The zero-order valence-corrected chi connectivity index (χ0v) is 8.38. The van der Waals surface area contributed by atoms with E-state index < -0.39 is 0 Å². The van der Waals surface area contributed by atoms with Crippen LogP contribution in [0.2, 0.25) is 0 Å². The van der Waals surface area contributed by atoms with Crippen molar-refractivity contribution in [3.63, 3.8) is 0 Å². The summed E-state index contributed by atoms with van der Waals surface area (Å²) in [5.74, 6) is 0.420. The molecule has 1 aromatic carbocycles. The minimum absolute atomic E-state index is 0.0327. The first-order valence-electron chi connectivity index (χ1n) is 4.58. The van der Waals surface area contributed by atoms with E-state index in [9.17, 15) is 0 Å². The van der Waals surface area contributed by atoms with Crippen LogP contribution in [0.5, 0.6) is 0 Å². The summed E-state index contributed by atoms with van der Waals surface area (Å²) in [6, 6.07) is 9.37. The molecular weight excluding hydrogens is 204 g/mol. The predicted octanol–water partition coefficient (Wildman–Crippen LogP) is 1.97. The van der Waals surface area contributed by atoms with Crippen LogP contribution in [0, 0.1) is 5.53 Å². The molecular formula is C10H10N6. The van der Waals surface area contributed by atoms with Gasteiger partial charge >= 0.3 is 0 Å². The van der Waals surface area contributed by atoms with E-state index in [4.69, 9.17) is 17.0 Å². The maximum atomic E-state index is 6.80. The number of anilines is 2. The van der Waals surface area contributed by atoms with Crippen molar-refractivity contribution in [1.29, 1.82) is 5.53 Å². The van der Waals surface area contributed by atoms with E-state index in [1.807, 2.05) is 30.3 Å². The lowest BCUT2D eigenvalue weighted by molar-refractivity contribution is 1.03. The average molecular weight is 214 g/mol. The van der Waals surface area contributed by atoms with E-state index in [0.29, 0.717) is 5.56 Å². The van der Waals surface area contributed by atoms with Crippen LogP contribution in [0.15, 0.2) is 35.4 Å². The van der Waals surface area contributed by atoms with Gasteiger partial charge in [0.15, 0.2) is 0 Å². The molecule has 0 unspecified atom stereocenters. The maximum absolute atomic E-state index is 6.80. The highest BCUT2D eigenvalue weighted by Crippen LogP contribution is 2.30. The van der Waals surface area contributed by atoms with Crippen molar-refractivity contribution in [2.45, 2.75) is 0 Å². The van der Waals surface area contributed by atoms with E-state index in [2.05, 4.69) is 15.1 Å². The second kappa shape index (κ2) is 3.93. The smallest absolute Gasteiger partial charge is 0.272 e. The summed E-state index contributed by atoms with van der Waals surface area (Å²) in [6.45, 7) is 0. The van der Waals surface area contributed by atoms with Crippen molar-refractivity contribution in [2.75, 3.05) is 11.5 Å². The number of rotatable bonds is 2. The number of aromatic nitrogens is 2. The molecule has 80 valence electrons. The van der Waals surface area contributed by atoms with Crippen LogP contribution in [-0.4, -0.2) is 9.97 Å². The van der Waals surface area contributed by atoms with E-state index in [1.54, 1.807) is 0 Å². The summed E-state index contributed by atoms with van der Waals surface area (Å²) in [7, 11) is 0. The van der Waals surface area contributed by atoms with Gasteiger partial charge in [-0.2, -0.15) is 9.97 Å². The molecule has 0 radical (unpaired) electrons. The summed E-state index contributed by atoms with van der Waals surface area (Å²) in [4.78, 5) is 7.72. The number of nitrogen functional groups attached to an aromatic ring is 2. The Bertz CT molecular complexity index is 499. The molecule has 1 heterocycles. The number of benzene rings is 1. The predicted molar refractivity (Wildman–Crippen MR) is 61.1 cm³/mol. The van der Waals surface area contributed by atoms with Gasteiger partial charge in [0.1, 0.15) is 11.6 Å². The minimum atomic E-state index is -0.0327. The molecule has 5 N–H and O–H groups in total. The number of hydrogen-bond acceptors (Lipinski definition) is 6. The Morgan fingerprint density at radius 2 is 1.56 bits per heavy atom. The van der Waals surface area contributed by atoms with Gasteiger partial charge in [-0.3, -0.25) is 0 Å². The molecule has 0 aliphatic carbocycles. The van der Waals surface area contributed by atoms with E-state index in [0.717, 1.165) is 5.56 Å². The van der Waals surface area contributed by atoms with Crippen molar-refractivity contribution >= 4 is 17.6 Å². The SMILES string of the molecule is N=Nc1nc(N)c(-c2ccccc2)c(N)n1. The Kier molecular flexibility index (Phi) is 2.47. The van der Waals surface area contributed by atoms with Gasteiger partial charge in [0.25, 0.3) is 5.95 Å². The molecule has 0 saturated heterocycles. The zero-order chi connectivity index (χ0) is 11.5. The van der Waals surface area contributed by atoms with Crippen molar-refractivity contribution in [2.24, 2.45) is 5.11 Å². The van der Waals surface area contributed by atoms with E-state index in [-0.39, 0.29) is 17.6 Å². The van der Waals surface area contributed by atoms with Crippen LogP contribution in [0.1, 0.15) is 0 Å². The second-order valence-electron chi connectivity index (χ2n) is 3.15. The Morgan fingerprint density at radius 3 is 2.06 bits per heavy atom. The van der Waals surface area contributed by atoms with Crippen molar-refractivity contribution < 1.29 is 0 Å². The van der Waals surface area contributed by atoms with Crippen molar-refractivity contribution in [3.05, 3.63) is 30.3 Å². The van der Waals surface area contributed by atoms with Crippen molar-refractivity contribution in [1.82, 2.24) is 9.97 Å². The van der Waals surface area contributed by atoms with Crippen LogP contribution in [0.25, 0.3) is 11.1 Å². The normalized spacial score (nSPS) is 10.0. The first kappa shape index (κ1) is 10.0. The zero-order valence-electron chi connectivity index (χ0n) is 8.38. The topological polar surface area (TPSA) is 114 Å². The molecule has 0 fully saturated rings. The third-order valence-electron chi connectivity index (χ3n) is 2.12. The summed E-state index contributed by atoms with van der Waals surface area (Å²) in [5, 5.41) is 3.09. The van der Waals surface area contributed by atoms with E-state index in [1.165, 1.54) is 0 Å². The Labute approximate surface area is 91.8 Å². The van der Waals surface area contributed by atoms with Gasteiger partial charge in [0.2, 0.25) is 0 Å². The Balaban J connectivity index is 2.62. The largest absolute Gasteiger partial charge is 0.383 e. The third kappa shape index (κ3) is 1.68. The fourth-order valence-electron chi connectivity index (χ4n) is 1.43. The van der Waals surface area contributed by atoms with Crippen LogP contribution < -0.4 is 11.5 Å². The fraction of sp³-hybridized carbons (Fsp3) is 0. The number of nitrogens with one attached hydrogen (secondary N) is 1. The van der Waals surface area contributed by atoms with Gasteiger partial charge in [0.05, 0.1) is 5.56 Å². The summed E-state index contributed by atoms with van der Waals surface area (Å²) >= 11 is 0. The number of hydrogen-bond donors (Lipinski definition) is 3.